The Morgan fingerprint density at radius 1 is 1.22 bits per heavy atom. The zero-order valence-electron chi connectivity index (χ0n) is 9.47. The summed E-state index contributed by atoms with van der Waals surface area (Å²) < 4.78 is 31.4. The van der Waals surface area contributed by atoms with Crippen molar-refractivity contribution in [3.05, 3.63) is 53.5 Å². The maximum Gasteiger partial charge on any atom is 0.216 e. The second kappa shape index (κ2) is 5.05. The van der Waals surface area contributed by atoms with E-state index >= 15 is 0 Å². The molecule has 18 heavy (non-hydrogen) atoms. The molecular formula is C12H10F2N2O2. The molecule has 1 aromatic heterocycles. The second-order valence-corrected chi connectivity index (χ2v) is 3.55. The van der Waals surface area contributed by atoms with Gasteiger partial charge in [-0.2, -0.15) is 0 Å². The number of halogens is 2. The van der Waals surface area contributed by atoms with Gasteiger partial charge < -0.3 is 9.84 Å². The molecule has 1 unspecified atom stereocenters. The van der Waals surface area contributed by atoms with Crippen LogP contribution in [0.5, 0.6) is 5.88 Å². The van der Waals surface area contributed by atoms with Gasteiger partial charge in [-0.25, -0.2) is 18.7 Å². The van der Waals surface area contributed by atoms with Crippen molar-refractivity contribution in [2.45, 2.75) is 6.10 Å². The summed E-state index contributed by atoms with van der Waals surface area (Å²) in [6, 6.07) is 4.21. The van der Waals surface area contributed by atoms with Gasteiger partial charge in [0.1, 0.15) is 24.1 Å². The quantitative estimate of drug-likeness (QED) is 0.905. The van der Waals surface area contributed by atoms with Crippen molar-refractivity contribution in [1.82, 2.24) is 9.97 Å². The van der Waals surface area contributed by atoms with Crippen molar-refractivity contribution < 1.29 is 18.6 Å². The summed E-state index contributed by atoms with van der Waals surface area (Å²) in [6.45, 7) is 0. The first kappa shape index (κ1) is 12.4. The Morgan fingerprint density at radius 2 is 2.00 bits per heavy atom. The molecule has 2 rings (SSSR count). The van der Waals surface area contributed by atoms with Crippen molar-refractivity contribution in [3.8, 4) is 5.88 Å². The maximum absolute atomic E-state index is 13.5. The number of hydrogen-bond acceptors (Lipinski definition) is 4. The van der Waals surface area contributed by atoms with Crippen molar-refractivity contribution in [2.24, 2.45) is 0 Å². The van der Waals surface area contributed by atoms with E-state index < -0.39 is 17.7 Å². The molecule has 94 valence electrons. The van der Waals surface area contributed by atoms with Crippen LogP contribution in [0, 0.1) is 11.6 Å². The molecule has 0 aliphatic carbocycles. The lowest BCUT2D eigenvalue weighted by Crippen LogP contribution is -2.06. The Balaban J connectivity index is 2.40. The largest absolute Gasteiger partial charge is 0.481 e. The lowest BCUT2D eigenvalue weighted by atomic mass is 10.1. The molecule has 1 aromatic carbocycles. The minimum Gasteiger partial charge on any atom is -0.481 e. The van der Waals surface area contributed by atoms with Gasteiger partial charge >= 0.3 is 0 Å². The minimum atomic E-state index is -1.38. The van der Waals surface area contributed by atoms with E-state index in [0.29, 0.717) is 0 Å². The van der Waals surface area contributed by atoms with E-state index in [0.717, 1.165) is 18.2 Å². The number of aliphatic hydroxyl groups excluding tert-OH is 1. The molecule has 0 spiro atoms. The Morgan fingerprint density at radius 3 is 2.72 bits per heavy atom. The fraction of sp³-hybridized carbons (Fsp3) is 0.167. The zero-order chi connectivity index (χ0) is 13.1. The summed E-state index contributed by atoms with van der Waals surface area (Å²) in [5.41, 5.74) is -0.0536. The normalized spacial score (nSPS) is 12.2. The molecule has 0 saturated heterocycles. The molecule has 4 nitrogen and oxygen atoms in total. The monoisotopic (exact) mass is 252 g/mol. The number of rotatable bonds is 3. The Bertz CT molecular complexity index is 564. The summed E-state index contributed by atoms with van der Waals surface area (Å²) in [5.74, 6) is -1.11. The molecule has 0 fully saturated rings. The van der Waals surface area contributed by atoms with Crippen molar-refractivity contribution in [2.75, 3.05) is 7.11 Å². The maximum atomic E-state index is 13.5. The second-order valence-electron chi connectivity index (χ2n) is 3.55. The third kappa shape index (κ3) is 2.43. The van der Waals surface area contributed by atoms with Crippen LogP contribution in [0.3, 0.4) is 0 Å². The summed E-state index contributed by atoms with van der Waals surface area (Å²) in [4.78, 5) is 7.57. The number of aliphatic hydroxyl groups is 1. The standard InChI is InChI=1S/C12H10F2N2O2/c1-18-11-5-10(15-6-16-11)12(17)8-4-7(13)2-3-9(8)14/h2-6,12,17H,1H3. The van der Waals surface area contributed by atoms with Gasteiger partial charge in [-0.15, -0.1) is 0 Å². The molecule has 1 atom stereocenters. The third-order valence-corrected chi connectivity index (χ3v) is 2.41. The van der Waals surface area contributed by atoms with Crippen LogP contribution in [0.1, 0.15) is 17.4 Å². The van der Waals surface area contributed by atoms with Crippen molar-refractivity contribution >= 4 is 0 Å². The lowest BCUT2D eigenvalue weighted by Gasteiger charge is -2.11. The van der Waals surface area contributed by atoms with Crippen LogP contribution in [-0.4, -0.2) is 22.2 Å². The third-order valence-electron chi connectivity index (χ3n) is 2.41. The average molecular weight is 252 g/mol. The van der Waals surface area contributed by atoms with Gasteiger partial charge in [-0.3, -0.25) is 0 Å². The van der Waals surface area contributed by atoms with Crippen LogP contribution in [-0.2, 0) is 0 Å². The van der Waals surface area contributed by atoms with E-state index in [1.807, 2.05) is 0 Å². The Hall–Kier alpha value is -2.08. The van der Waals surface area contributed by atoms with Crippen LogP contribution >= 0.6 is 0 Å². The van der Waals surface area contributed by atoms with Gasteiger partial charge in [0.2, 0.25) is 5.88 Å². The molecule has 0 aliphatic rings. The highest BCUT2D eigenvalue weighted by molar-refractivity contribution is 5.29. The van der Waals surface area contributed by atoms with Gasteiger partial charge in [0.15, 0.2) is 0 Å². The molecule has 0 bridgehead atoms. The Labute approximate surface area is 102 Å². The van der Waals surface area contributed by atoms with Gasteiger partial charge in [0.25, 0.3) is 0 Å². The number of ether oxygens (including phenoxy) is 1. The topological polar surface area (TPSA) is 55.2 Å². The highest BCUT2D eigenvalue weighted by Crippen LogP contribution is 2.24. The summed E-state index contributed by atoms with van der Waals surface area (Å²) in [5, 5.41) is 9.96. The van der Waals surface area contributed by atoms with Crippen molar-refractivity contribution in [3.63, 3.8) is 0 Å². The molecule has 0 amide bonds. The van der Waals surface area contributed by atoms with E-state index in [1.165, 1.54) is 19.5 Å². The summed E-state index contributed by atoms with van der Waals surface area (Å²) >= 11 is 0. The highest BCUT2D eigenvalue weighted by atomic mass is 19.1. The first-order chi connectivity index (χ1) is 8.61. The predicted molar refractivity (Wildman–Crippen MR) is 59.0 cm³/mol. The van der Waals surface area contributed by atoms with Crippen molar-refractivity contribution in [1.29, 1.82) is 0 Å². The molecule has 0 radical (unpaired) electrons. The van der Waals surface area contributed by atoms with E-state index in [1.54, 1.807) is 0 Å². The molecule has 1 N–H and O–H groups in total. The van der Waals surface area contributed by atoms with Crippen LogP contribution < -0.4 is 4.74 Å². The van der Waals surface area contributed by atoms with E-state index in [4.69, 9.17) is 4.74 Å². The number of methoxy groups -OCH3 is 1. The number of nitrogens with zero attached hydrogens (tertiary/aromatic N) is 2. The van der Waals surface area contributed by atoms with E-state index in [2.05, 4.69) is 9.97 Å². The van der Waals surface area contributed by atoms with E-state index in [-0.39, 0.29) is 17.1 Å². The summed E-state index contributed by atoms with van der Waals surface area (Å²) in [7, 11) is 1.40. The fourth-order valence-electron chi connectivity index (χ4n) is 1.50. The smallest absolute Gasteiger partial charge is 0.216 e. The lowest BCUT2D eigenvalue weighted by molar-refractivity contribution is 0.208. The predicted octanol–water partition coefficient (Wildman–Crippen LogP) is 1.85. The minimum absolute atomic E-state index is 0.131. The molecule has 1 heterocycles. The van der Waals surface area contributed by atoms with Crippen LogP contribution in [0.15, 0.2) is 30.6 Å². The summed E-state index contributed by atoms with van der Waals surface area (Å²) in [6.07, 6.45) is -0.202. The number of benzene rings is 1. The first-order valence-corrected chi connectivity index (χ1v) is 5.10. The highest BCUT2D eigenvalue weighted by Gasteiger charge is 2.18. The van der Waals surface area contributed by atoms with E-state index in [9.17, 15) is 13.9 Å². The number of aromatic nitrogens is 2. The first-order valence-electron chi connectivity index (χ1n) is 5.10. The molecule has 0 aliphatic heterocycles. The molecule has 0 saturated carbocycles. The molecular weight excluding hydrogens is 242 g/mol. The van der Waals surface area contributed by atoms with Gasteiger partial charge in [0, 0.05) is 11.6 Å². The number of hydrogen-bond donors (Lipinski definition) is 1. The molecule has 2 aromatic rings. The van der Waals surface area contributed by atoms with Crippen LogP contribution in [0.2, 0.25) is 0 Å². The Kier molecular flexibility index (Phi) is 3.47. The SMILES string of the molecule is COc1cc(C(O)c2cc(F)ccc2F)ncn1. The van der Waals surface area contributed by atoms with Gasteiger partial charge in [-0.05, 0) is 18.2 Å². The average Bonchev–Trinajstić information content (AvgIpc) is 2.41. The van der Waals surface area contributed by atoms with Crippen LogP contribution in [0.25, 0.3) is 0 Å². The molecule has 6 heteroatoms. The van der Waals surface area contributed by atoms with Gasteiger partial charge in [0.05, 0.1) is 12.8 Å². The van der Waals surface area contributed by atoms with Crippen LogP contribution in [0.4, 0.5) is 8.78 Å². The fourth-order valence-corrected chi connectivity index (χ4v) is 1.50. The van der Waals surface area contributed by atoms with Gasteiger partial charge in [-0.1, -0.05) is 0 Å². The zero-order valence-corrected chi connectivity index (χ0v) is 9.47.